The molecule has 0 aromatic carbocycles. The van der Waals surface area contributed by atoms with E-state index in [0.717, 1.165) is 5.54 Å². The second-order valence-corrected chi connectivity index (χ2v) is 8.89. The van der Waals surface area contributed by atoms with Gasteiger partial charge in [-0.3, -0.25) is 0 Å². The van der Waals surface area contributed by atoms with Crippen molar-refractivity contribution in [3.8, 4) is 0 Å². The van der Waals surface area contributed by atoms with Gasteiger partial charge in [0.25, 0.3) is 0 Å². The molecule has 0 N–H and O–H groups in total. The molecule has 2 atom stereocenters. The van der Waals surface area contributed by atoms with E-state index < -0.39 is 8.80 Å². The van der Waals surface area contributed by atoms with Gasteiger partial charge in [-0.05, 0) is 56.0 Å². The molecule has 98 valence electrons. The second kappa shape index (κ2) is 7.44. The maximum Gasteiger partial charge on any atom is 0.0687 e. The quantitative estimate of drug-likeness (QED) is 0.227. The summed E-state index contributed by atoms with van der Waals surface area (Å²) in [5.41, 5.74) is 9.36. The van der Waals surface area contributed by atoms with Crippen LogP contribution in [-0.2, 0) is 0 Å². The molecule has 0 bridgehead atoms. The van der Waals surface area contributed by atoms with E-state index >= 15 is 0 Å². The average molecular weight is 261 g/mol. The lowest BCUT2D eigenvalue weighted by Gasteiger charge is -2.30. The highest BCUT2D eigenvalue weighted by atomic mass is 28.3. The van der Waals surface area contributed by atoms with Crippen LogP contribution < -0.4 is 0 Å². The zero-order chi connectivity index (χ0) is 12.6. The molecular formula is C14H23N3Si. The highest BCUT2D eigenvalue weighted by Gasteiger charge is 2.26. The van der Waals surface area contributed by atoms with Crippen LogP contribution in [0.3, 0.4) is 0 Å². The minimum absolute atomic E-state index is 0.713. The molecule has 0 saturated heterocycles. The van der Waals surface area contributed by atoms with Gasteiger partial charge in [-0.25, -0.2) is 0 Å². The number of hydrogen-bond acceptors (Lipinski definition) is 1. The Labute approximate surface area is 111 Å². The van der Waals surface area contributed by atoms with Gasteiger partial charge >= 0.3 is 0 Å². The largest absolute Gasteiger partial charge is 0.0943 e. The van der Waals surface area contributed by atoms with Gasteiger partial charge in [-0.2, -0.15) is 0 Å². The van der Waals surface area contributed by atoms with E-state index in [1.807, 2.05) is 0 Å². The minimum Gasteiger partial charge on any atom is -0.0943 e. The van der Waals surface area contributed by atoms with Crippen molar-refractivity contribution in [3.63, 3.8) is 0 Å². The van der Waals surface area contributed by atoms with Crippen LogP contribution in [0, 0.1) is 0 Å². The SMILES string of the molecule is [N-]=[N+]=NCC[SiH](C1=CCCCC1)C1CC=CCC1. The molecular weight excluding hydrogens is 238 g/mol. The third-order valence-corrected chi connectivity index (χ3v) is 8.39. The molecule has 2 aliphatic rings. The molecule has 0 saturated carbocycles. The Bertz CT molecular complexity index is 369. The van der Waals surface area contributed by atoms with Gasteiger partial charge in [0.05, 0.1) is 8.80 Å². The fourth-order valence-corrected chi connectivity index (χ4v) is 7.31. The zero-order valence-electron chi connectivity index (χ0n) is 11.1. The maximum atomic E-state index is 8.45. The Morgan fingerprint density at radius 1 is 1.33 bits per heavy atom. The van der Waals surface area contributed by atoms with E-state index in [0.29, 0.717) is 6.54 Å². The fourth-order valence-electron chi connectivity index (χ4n) is 3.35. The van der Waals surface area contributed by atoms with E-state index in [1.165, 1.54) is 51.0 Å². The lowest BCUT2D eigenvalue weighted by atomic mass is 10.1. The van der Waals surface area contributed by atoms with Crippen LogP contribution >= 0.6 is 0 Å². The second-order valence-electron chi connectivity index (χ2n) is 5.42. The van der Waals surface area contributed by atoms with Gasteiger partial charge in [-0.1, -0.05) is 34.6 Å². The third-order valence-electron chi connectivity index (χ3n) is 4.28. The summed E-state index contributed by atoms with van der Waals surface area (Å²) in [6, 6.07) is 1.18. The van der Waals surface area contributed by atoms with Crippen LogP contribution in [-0.4, -0.2) is 15.3 Å². The number of nitrogens with zero attached hydrogens (tertiary/aromatic N) is 3. The van der Waals surface area contributed by atoms with Crippen LogP contribution in [0.2, 0.25) is 11.6 Å². The number of hydrogen-bond donors (Lipinski definition) is 0. The van der Waals surface area contributed by atoms with Crippen molar-refractivity contribution in [2.75, 3.05) is 6.54 Å². The summed E-state index contributed by atoms with van der Waals surface area (Å²) >= 11 is 0. The van der Waals surface area contributed by atoms with Crippen LogP contribution in [0.5, 0.6) is 0 Å². The van der Waals surface area contributed by atoms with E-state index in [-0.39, 0.29) is 0 Å². The van der Waals surface area contributed by atoms with Crippen molar-refractivity contribution >= 4 is 8.80 Å². The van der Waals surface area contributed by atoms with E-state index in [9.17, 15) is 0 Å². The maximum absolute atomic E-state index is 8.45. The smallest absolute Gasteiger partial charge is 0.0687 e. The summed E-state index contributed by atoms with van der Waals surface area (Å²) < 4.78 is 0. The topological polar surface area (TPSA) is 48.8 Å². The van der Waals surface area contributed by atoms with Gasteiger partial charge in [0.15, 0.2) is 0 Å². The highest BCUT2D eigenvalue weighted by Crippen LogP contribution is 2.35. The summed E-state index contributed by atoms with van der Waals surface area (Å²) in [6.07, 6.45) is 16.4. The monoisotopic (exact) mass is 261 g/mol. The van der Waals surface area contributed by atoms with Gasteiger partial charge in [-0.15, -0.1) is 0 Å². The summed E-state index contributed by atoms with van der Waals surface area (Å²) in [5, 5.41) is 5.56. The lowest BCUT2D eigenvalue weighted by Crippen LogP contribution is -2.26. The molecule has 0 amide bonds. The Kier molecular flexibility index (Phi) is 5.56. The van der Waals surface area contributed by atoms with Crippen LogP contribution in [0.25, 0.3) is 10.4 Å². The average Bonchev–Trinajstić information content (AvgIpc) is 2.46. The number of azide groups is 1. The Hall–Kier alpha value is -0.993. The first-order valence-electron chi connectivity index (χ1n) is 7.26. The molecule has 4 heteroatoms. The van der Waals surface area contributed by atoms with Crippen molar-refractivity contribution < 1.29 is 0 Å². The van der Waals surface area contributed by atoms with E-state index in [4.69, 9.17) is 5.53 Å². The zero-order valence-corrected chi connectivity index (χ0v) is 12.2. The minimum atomic E-state index is -0.883. The molecule has 0 aliphatic heterocycles. The van der Waals surface area contributed by atoms with Gasteiger partial charge < -0.3 is 0 Å². The Balaban J connectivity index is 2.03. The molecule has 0 heterocycles. The molecule has 0 spiro atoms. The van der Waals surface area contributed by atoms with Crippen molar-refractivity contribution in [1.29, 1.82) is 0 Å². The molecule has 2 unspecified atom stereocenters. The normalized spacial score (nSPS) is 25.1. The molecule has 18 heavy (non-hydrogen) atoms. The lowest BCUT2D eigenvalue weighted by molar-refractivity contribution is 0.686. The summed E-state index contributed by atoms with van der Waals surface area (Å²) in [6.45, 7) is 0.713. The molecule has 0 fully saturated rings. The molecule has 0 aromatic heterocycles. The molecule has 0 radical (unpaired) electrons. The van der Waals surface area contributed by atoms with Crippen LogP contribution in [0.1, 0.15) is 44.9 Å². The summed E-state index contributed by atoms with van der Waals surface area (Å²) in [7, 11) is -0.883. The fraction of sp³-hybridized carbons (Fsp3) is 0.714. The summed E-state index contributed by atoms with van der Waals surface area (Å²) in [4.78, 5) is 2.91. The molecule has 0 aromatic rings. The first-order valence-corrected chi connectivity index (χ1v) is 9.32. The van der Waals surface area contributed by atoms with Crippen molar-refractivity contribution in [1.82, 2.24) is 0 Å². The highest BCUT2D eigenvalue weighted by molar-refractivity contribution is 6.68. The third kappa shape index (κ3) is 3.75. The summed E-state index contributed by atoms with van der Waals surface area (Å²) in [5.74, 6) is 0. The van der Waals surface area contributed by atoms with Gasteiger partial charge in [0.2, 0.25) is 0 Å². The number of allylic oxidation sites excluding steroid dienone is 4. The Morgan fingerprint density at radius 2 is 2.28 bits per heavy atom. The number of rotatable bonds is 5. The van der Waals surface area contributed by atoms with Crippen LogP contribution in [0.4, 0.5) is 0 Å². The standard InChI is InChI=1S/C14H23N3Si/c15-17-16-11-12-18(13-7-3-1-4-8-13)14-9-5-2-6-10-14/h1,3,9,13,18H,2,4-8,10-12H2. The van der Waals surface area contributed by atoms with Gasteiger partial charge in [0.1, 0.15) is 0 Å². The first-order chi connectivity index (χ1) is 8.92. The van der Waals surface area contributed by atoms with Crippen molar-refractivity contribution in [2.24, 2.45) is 5.11 Å². The van der Waals surface area contributed by atoms with Crippen molar-refractivity contribution in [3.05, 3.63) is 33.9 Å². The van der Waals surface area contributed by atoms with Crippen LogP contribution in [0.15, 0.2) is 28.5 Å². The predicted molar refractivity (Wildman–Crippen MR) is 79.3 cm³/mol. The molecule has 2 aliphatic carbocycles. The Morgan fingerprint density at radius 3 is 2.94 bits per heavy atom. The predicted octanol–water partition coefficient (Wildman–Crippen LogP) is 4.67. The van der Waals surface area contributed by atoms with E-state index in [2.05, 4.69) is 28.3 Å². The van der Waals surface area contributed by atoms with Gasteiger partial charge in [0, 0.05) is 11.5 Å². The molecule has 3 nitrogen and oxygen atoms in total. The van der Waals surface area contributed by atoms with E-state index in [1.54, 1.807) is 5.20 Å². The first kappa shape index (κ1) is 13.4. The van der Waals surface area contributed by atoms with Crippen molar-refractivity contribution in [2.45, 2.75) is 56.5 Å². The molecule has 2 rings (SSSR count).